The van der Waals surface area contributed by atoms with Crippen molar-refractivity contribution in [3.8, 4) is 18.1 Å². The lowest BCUT2D eigenvalue weighted by molar-refractivity contribution is -0.275. The summed E-state index contributed by atoms with van der Waals surface area (Å²) in [6.07, 6.45) is 2.65. The number of carbonyl (C=O) groups is 2. The van der Waals surface area contributed by atoms with Crippen molar-refractivity contribution in [2.45, 2.75) is 62.6 Å². The summed E-state index contributed by atoms with van der Waals surface area (Å²) in [7, 11) is 1.46. The van der Waals surface area contributed by atoms with Crippen LogP contribution in [0.2, 0.25) is 0 Å². The number of aromatic hydroxyl groups is 1. The molecular formula is C31H32N2O10. The second-order valence-corrected chi connectivity index (χ2v) is 10.5. The smallest absolute Gasteiger partial charge is 0.431 e. The number of nitrogens with one attached hydrogen (secondary N) is 2. The summed E-state index contributed by atoms with van der Waals surface area (Å²) in [6, 6.07) is 11.3. The van der Waals surface area contributed by atoms with Crippen LogP contribution in [0.3, 0.4) is 0 Å². The van der Waals surface area contributed by atoms with Crippen LogP contribution in [-0.2, 0) is 19.0 Å². The zero-order chi connectivity index (χ0) is 30.7. The highest BCUT2D eigenvalue weighted by atomic mass is 16.7. The molecular weight excluding hydrogens is 560 g/mol. The van der Waals surface area contributed by atoms with E-state index in [9.17, 15) is 24.6 Å². The fourth-order valence-electron chi connectivity index (χ4n) is 6.02. The largest absolute Gasteiger partial charge is 0.505 e. The van der Waals surface area contributed by atoms with Crippen molar-refractivity contribution in [1.29, 1.82) is 0 Å². The lowest BCUT2D eigenvalue weighted by Gasteiger charge is -2.50. The van der Waals surface area contributed by atoms with Crippen molar-refractivity contribution >= 4 is 28.7 Å². The Morgan fingerprint density at radius 3 is 2.56 bits per heavy atom. The van der Waals surface area contributed by atoms with E-state index >= 15 is 0 Å². The van der Waals surface area contributed by atoms with Crippen molar-refractivity contribution < 1.29 is 43.3 Å². The van der Waals surface area contributed by atoms with Gasteiger partial charge in [-0.3, -0.25) is 9.63 Å². The molecule has 2 heterocycles. The van der Waals surface area contributed by atoms with Crippen LogP contribution in [0.1, 0.15) is 53.3 Å². The second kappa shape index (κ2) is 12.4. The molecule has 1 aliphatic heterocycles. The molecule has 1 spiro atoms. The number of benzene rings is 2. The summed E-state index contributed by atoms with van der Waals surface area (Å²) >= 11 is 0. The van der Waals surface area contributed by atoms with Crippen molar-refractivity contribution in [1.82, 2.24) is 5.48 Å². The van der Waals surface area contributed by atoms with E-state index < -0.39 is 59.1 Å². The number of amides is 2. The zero-order valence-corrected chi connectivity index (χ0v) is 23.6. The number of terminal acetylenes is 1. The Balaban J connectivity index is 1.51. The molecule has 4 atom stereocenters. The monoisotopic (exact) mass is 592 g/mol. The standard InChI is InChI=1S/C31H32N2O10/c1-4-16-40-33-30(38)42-26-23(35)25(43-31(27(26)39-3)14-8-9-15-31)19-12-13-20-22(34)21(29(37)41-24(20)17(19)2)32-28(36)18-10-6-5-7-11-18/h1,5-7,10-13,23,25-27,34-35H,8-9,14-16H2,2-3H3,(H,32,36)(H,33,38). The van der Waals surface area contributed by atoms with Crippen molar-refractivity contribution in [3.05, 3.63) is 69.6 Å². The van der Waals surface area contributed by atoms with Crippen molar-refractivity contribution in [2.75, 3.05) is 19.0 Å². The molecule has 0 bridgehead atoms. The first-order valence-corrected chi connectivity index (χ1v) is 13.8. The first-order valence-electron chi connectivity index (χ1n) is 13.8. The van der Waals surface area contributed by atoms with E-state index in [-0.39, 0.29) is 17.6 Å². The third-order valence-electron chi connectivity index (χ3n) is 8.00. The van der Waals surface area contributed by atoms with Gasteiger partial charge in [0, 0.05) is 12.7 Å². The minimum absolute atomic E-state index is 0.0424. The molecule has 3 aromatic rings. The van der Waals surface area contributed by atoms with Gasteiger partial charge in [-0.2, -0.15) is 5.48 Å². The van der Waals surface area contributed by atoms with Crippen LogP contribution in [0.25, 0.3) is 11.0 Å². The van der Waals surface area contributed by atoms with Gasteiger partial charge in [0.2, 0.25) is 0 Å². The maximum absolute atomic E-state index is 13.0. The predicted octanol–water partition coefficient (Wildman–Crippen LogP) is 3.48. The van der Waals surface area contributed by atoms with Gasteiger partial charge in [-0.25, -0.2) is 9.59 Å². The number of methoxy groups -OCH3 is 1. The minimum atomic E-state index is -1.41. The molecule has 1 aliphatic carbocycles. The zero-order valence-electron chi connectivity index (χ0n) is 23.6. The lowest BCUT2D eigenvalue weighted by atomic mass is 9.80. The molecule has 43 heavy (non-hydrogen) atoms. The van der Waals surface area contributed by atoms with Crippen LogP contribution in [-0.4, -0.2) is 59.8 Å². The van der Waals surface area contributed by atoms with E-state index in [1.807, 2.05) is 0 Å². The Hall–Kier alpha value is -4.41. The molecule has 4 unspecified atom stereocenters. The van der Waals surface area contributed by atoms with Gasteiger partial charge in [-0.1, -0.05) is 43.0 Å². The number of hydrogen-bond acceptors (Lipinski definition) is 10. The van der Waals surface area contributed by atoms with Gasteiger partial charge in [0.1, 0.15) is 30.5 Å². The van der Waals surface area contributed by atoms with Crippen LogP contribution in [0.4, 0.5) is 10.5 Å². The van der Waals surface area contributed by atoms with Gasteiger partial charge in [-0.15, -0.1) is 6.42 Å². The second-order valence-electron chi connectivity index (χ2n) is 10.5. The Morgan fingerprint density at radius 1 is 1.16 bits per heavy atom. The van der Waals surface area contributed by atoms with Crippen LogP contribution in [0.15, 0.2) is 51.7 Å². The average Bonchev–Trinajstić information content (AvgIpc) is 3.47. The predicted molar refractivity (Wildman–Crippen MR) is 153 cm³/mol. The minimum Gasteiger partial charge on any atom is -0.505 e. The molecule has 2 amide bonds. The molecule has 4 N–H and O–H groups in total. The van der Waals surface area contributed by atoms with Gasteiger partial charge < -0.3 is 34.2 Å². The van der Waals surface area contributed by atoms with E-state index in [4.69, 9.17) is 29.9 Å². The maximum Gasteiger partial charge on any atom is 0.431 e. The Kier molecular flexibility index (Phi) is 8.70. The Morgan fingerprint density at radius 2 is 1.88 bits per heavy atom. The number of fused-ring (bicyclic) bond motifs is 1. The van der Waals surface area contributed by atoms with Crippen LogP contribution in [0.5, 0.6) is 5.75 Å². The molecule has 2 aliphatic rings. The summed E-state index contributed by atoms with van der Waals surface area (Å²) in [4.78, 5) is 43.0. The van der Waals surface area contributed by atoms with E-state index in [1.165, 1.54) is 13.2 Å². The van der Waals surface area contributed by atoms with Crippen LogP contribution < -0.4 is 16.4 Å². The average molecular weight is 593 g/mol. The quantitative estimate of drug-likeness (QED) is 0.138. The number of carbonyl (C=O) groups excluding carboxylic acids is 2. The fraction of sp³-hybridized carbons (Fsp3) is 0.387. The number of aryl methyl sites for hydroxylation is 1. The van der Waals surface area contributed by atoms with E-state index in [0.29, 0.717) is 29.5 Å². The number of hydrogen-bond donors (Lipinski definition) is 4. The Labute approximate surface area is 246 Å². The Bertz CT molecular complexity index is 1610. The van der Waals surface area contributed by atoms with Crippen LogP contribution >= 0.6 is 0 Å². The van der Waals surface area contributed by atoms with Gasteiger partial charge in [-0.05, 0) is 49.1 Å². The highest BCUT2D eigenvalue weighted by Crippen LogP contribution is 2.49. The molecule has 1 aromatic heterocycles. The number of aliphatic hydroxyl groups excluding tert-OH is 1. The highest BCUT2D eigenvalue weighted by Gasteiger charge is 2.57. The lowest BCUT2D eigenvalue weighted by Crippen LogP contribution is -2.62. The van der Waals surface area contributed by atoms with Crippen molar-refractivity contribution in [2.24, 2.45) is 0 Å². The van der Waals surface area contributed by atoms with Gasteiger partial charge in [0.05, 0.1) is 11.0 Å². The third-order valence-corrected chi connectivity index (χ3v) is 8.00. The maximum atomic E-state index is 13.0. The molecule has 1 saturated heterocycles. The fourth-order valence-corrected chi connectivity index (χ4v) is 6.02. The molecule has 226 valence electrons. The normalized spacial score (nSPS) is 22.7. The van der Waals surface area contributed by atoms with Gasteiger partial charge >= 0.3 is 11.7 Å². The summed E-state index contributed by atoms with van der Waals surface area (Å²) in [5, 5.41) is 25.1. The highest BCUT2D eigenvalue weighted by molar-refractivity contribution is 6.06. The molecule has 12 nitrogen and oxygen atoms in total. The molecule has 12 heteroatoms. The van der Waals surface area contributed by atoms with Crippen LogP contribution in [0, 0.1) is 19.3 Å². The molecule has 1 saturated carbocycles. The summed E-state index contributed by atoms with van der Waals surface area (Å²) in [5.74, 6) is 1.16. The third kappa shape index (κ3) is 5.68. The molecule has 2 fully saturated rings. The topological polar surface area (TPSA) is 166 Å². The van der Waals surface area contributed by atoms with Gasteiger partial charge in [0.25, 0.3) is 5.91 Å². The summed E-state index contributed by atoms with van der Waals surface area (Å²) < 4.78 is 23.5. The number of aliphatic hydroxyl groups is 1. The van der Waals surface area contributed by atoms with Gasteiger partial charge in [0.15, 0.2) is 17.5 Å². The van der Waals surface area contributed by atoms with E-state index in [1.54, 1.807) is 43.3 Å². The SMILES string of the molecule is C#CCONC(=O)OC1C(O)C(c2ccc3c(O)c(NC(=O)c4ccccc4)c(=O)oc3c2C)OC2(CCCC2)C1OC. The molecule has 5 rings (SSSR count). The van der Waals surface area contributed by atoms with E-state index in [0.717, 1.165) is 12.8 Å². The number of rotatable bonds is 7. The first-order chi connectivity index (χ1) is 20.7. The number of anilines is 1. The summed E-state index contributed by atoms with van der Waals surface area (Å²) in [6.45, 7) is 1.47. The van der Waals surface area contributed by atoms with E-state index in [2.05, 4.69) is 16.7 Å². The summed E-state index contributed by atoms with van der Waals surface area (Å²) in [5.41, 5.74) is 1.03. The molecule has 0 radical (unpaired) electrons. The first kappa shape index (κ1) is 30.1. The number of hydroxylamine groups is 1. The van der Waals surface area contributed by atoms with Crippen molar-refractivity contribution in [3.63, 3.8) is 0 Å². The number of ether oxygens (including phenoxy) is 3. The molecule has 2 aromatic carbocycles.